The van der Waals surface area contributed by atoms with Crippen LogP contribution in [0.25, 0.3) is 0 Å². The highest BCUT2D eigenvalue weighted by molar-refractivity contribution is 5.52. The molecule has 0 fully saturated rings. The van der Waals surface area contributed by atoms with Crippen molar-refractivity contribution in [1.29, 1.82) is 0 Å². The second-order valence-corrected chi connectivity index (χ2v) is 4.19. The van der Waals surface area contributed by atoms with E-state index in [0.29, 0.717) is 18.7 Å². The van der Waals surface area contributed by atoms with Crippen LogP contribution in [0, 0.1) is 0 Å². The number of nitrogens with two attached hydrogens (primary N) is 1. The zero-order valence-corrected chi connectivity index (χ0v) is 10.9. The van der Waals surface area contributed by atoms with Crippen molar-refractivity contribution in [1.82, 2.24) is 0 Å². The zero-order valence-electron chi connectivity index (χ0n) is 10.9. The lowest BCUT2D eigenvalue weighted by Gasteiger charge is -2.23. The first-order valence-electron chi connectivity index (χ1n) is 6.17. The molecule has 2 N–H and O–H groups in total. The first kappa shape index (κ1) is 15.6. The molecule has 19 heavy (non-hydrogen) atoms. The van der Waals surface area contributed by atoms with Gasteiger partial charge in [-0.25, -0.2) is 0 Å². The number of anilines is 2. The van der Waals surface area contributed by atoms with Gasteiger partial charge in [-0.1, -0.05) is 0 Å². The summed E-state index contributed by atoms with van der Waals surface area (Å²) in [7, 11) is 0. The standard InChI is InChI=1S/C13H19F3N2O/c1-2-18(12-6-4-11(17)5-7-12)8-3-9-19-10-13(14,15)16/h4-7H,2-3,8-10,17H2,1H3. The van der Waals surface area contributed by atoms with E-state index in [4.69, 9.17) is 5.73 Å². The number of hydrogen-bond donors (Lipinski definition) is 1. The molecule has 0 saturated heterocycles. The number of alkyl halides is 3. The minimum Gasteiger partial charge on any atom is -0.399 e. The van der Waals surface area contributed by atoms with Gasteiger partial charge in [0.15, 0.2) is 0 Å². The smallest absolute Gasteiger partial charge is 0.399 e. The lowest BCUT2D eigenvalue weighted by atomic mass is 10.2. The van der Waals surface area contributed by atoms with Crippen molar-refractivity contribution >= 4 is 11.4 Å². The number of benzene rings is 1. The molecule has 6 heteroatoms. The van der Waals surface area contributed by atoms with E-state index >= 15 is 0 Å². The summed E-state index contributed by atoms with van der Waals surface area (Å²) in [6.45, 7) is 2.35. The van der Waals surface area contributed by atoms with E-state index in [9.17, 15) is 13.2 Å². The largest absolute Gasteiger partial charge is 0.411 e. The first-order valence-corrected chi connectivity index (χ1v) is 6.17. The highest BCUT2D eigenvalue weighted by atomic mass is 19.4. The van der Waals surface area contributed by atoms with Gasteiger partial charge in [-0.2, -0.15) is 13.2 Å². The summed E-state index contributed by atoms with van der Waals surface area (Å²) in [6.07, 6.45) is -3.70. The van der Waals surface area contributed by atoms with Gasteiger partial charge < -0.3 is 15.4 Å². The average Bonchev–Trinajstić information content (AvgIpc) is 2.34. The molecular weight excluding hydrogens is 257 g/mol. The van der Waals surface area contributed by atoms with Crippen molar-refractivity contribution < 1.29 is 17.9 Å². The quantitative estimate of drug-likeness (QED) is 0.614. The van der Waals surface area contributed by atoms with E-state index < -0.39 is 12.8 Å². The number of hydrogen-bond acceptors (Lipinski definition) is 3. The predicted octanol–water partition coefficient (Wildman–Crippen LogP) is 3.06. The first-order chi connectivity index (χ1) is 8.92. The van der Waals surface area contributed by atoms with Gasteiger partial charge >= 0.3 is 6.18 Å². The number of nitrogen functional groups attached to an aromatic ring is 1. The number of halogens is 3. The van der Waals surface area contributed by atoms with E-state index in [1.807, 2.05) is 19.1 Å². The fourth-order valence-corrected chi connectivity index (χ4v) is 1.70. The van der Waals surface area contributed by atoms with Gasteiger partial charge in [0.1, 0.15) is 6.61 Å². The monoisotopic (exact) mass is 276 g/mol. The Kier molecular flexibility index (Phi) is 5.95. The molecule has 0 heterocycles. The van der Waals surface area contributed by atoms with Crippen molar-refractivity contribution in [2.24, 2.45) is 0 Å². The Morgan fingerprint density at radius 1 is 1.21 bits per heavy atom. The van der Waals surface area contributed by atoms with Gasteiger partial charge in [0, 0.05) is 31.1 Å². The van der Waals surface area contributed by atoms with Crippen molar-refractivity contribution in [3.63, 3.8) is 0 Å². The molecule has 3 nitrogen and oxygen atoms in total. The SMILES string of the molecule is CCN(CCCOCC(F)(F)F)c1ccc(N)cc1. The Morgan fingerprint density at radius 2 is 1.84 bits per heavy atom. The molecule has 1 aromatic rings. The van der Waals surface area contributed by atoms with E-state index in [1.54, 1.807) is 12.1 Å². The molecule has 0 radical (unpaired) electrons. The van der Waals surface area contributed by atoms with E-state index in [0.717, 1.165) is 12.2 Å². The summed E-state index contributed by atoms with van der Waals surface area (Å²) in [4.78, 5) is 2.07. The third kappa shape index (κ3) is 6.33. The van der Waals surface area contributed by atoms with Gasteiger partial charge in [-0.15, -0.1) is 0 Å². The Labute approximate surface area is 111 Å². The van der Waals surface area contributed by atoms with Crippen LogP contribution in [-0.4, -0.2) is 32.5 Å². The van der Waals surface area contributed by atoms with Crippen LogP contribution >= 0.6 is 0 Å². The molecule has 0 saturated carbocycles. The van der Waals surface area contributed by atoms with Gasteiger partial charge in [0.05, 0.1) is 0 Å². The van der Waals surface area contributed by atoms with Crippen LogP contribution in [0.5, 0.6) is 0 Å². The maximum Gasteiger partial charge on any atom is 0.411 e. The van der Waals surface area contributed by atoms with E-state index in [1.165, 1.54) is 0 Å². The minimum atomic E-state index is -4.25. The van der Waals surface area contributed by atoms with Crippen LogP contribution in [0.3, 0.4) is 0 Å². The Morgan fingerprint density at radius 3 is 2.37 bits per heavy atom. The van der Waals surface area contributed by atoms with Crippen molar-refractivity contribution in [3.8, 4) is 0 Å². The van der Waals surface area contributed by atoms with Crippen molar-refractivity contribution in [2.45, 2.75) is 19.5 Å². The average molecular weight is 276 g/mol. The number of nitrogens with zero attached hydrogens (tertiary/aromatic N) is 1. The maximum absolute atomic E-state index is 11.9. The van der Waals surface area contributed by atoms with Crippen LogP contribution < -0.4 is 10.6 Å². The third-order valence-electron chi connectivity index (χ3n) is 2.62. The Hall–Kier alpha value is -1.43. The topological polar surface area (TPSA) is 38.5 Å². The number of ether oxygens (including phenoxy) is 1. The summed E-state index contributed by atoms with van der Waals surface area (Å²) in [5.41, 5.74) is 7.30. The summed E-state index contributed by atoms with van der Waals surface area (Å²) >= 11 is 0. The Balaban J connectivity index is 2.31. The van der Waals surface area contributed by atoms with Crippen LogP contribution in [0.15, 0.2) is 24.3 Å². The molecule has 0 aliphatic carbocycles. The maximum atomic E-state index is 11.9. The molecule has 0 spiro atoms. The predicted molar refractivity (Wildman–Crippen MR) is 70.2 cm³/mol. The van der Waals surface area contributed by atoms with Crippen LogP contribution in [0.1, 0.15) is 13.3 Å². The summed E-state index contributed by atoms with van der Waals surface area (Å²) in [5.74, 6) is 0. The second-order valence-electron chi connectivity index (χ2n) is 4.19. The molecule has 1 aromatic carbocycles. The van der Waals surface area contributed by atoms with Crippen molar-refractivity contribution in [2.75, 3.05) is 36.9 Å². The fourth-order valence-electron chi connectivity index (χ4n) is 1.70. The third-order valence-corrected chi connectivity index (χ3v) is 2.62. The zero-order chi connectivity index (χ0) is 14.3. The summed E-state index contributed by atoms with van der Waals surface area (Å²) in [5, 5.41) is 0. The van der Waals surface area contributed by atoms with Gasteiger partial charge in [0.2, 0.25) is 0 Å². The van der Waals surface area contributed by atoms with Crippen LogP contribution in [0.4, 0.5) is 24.5 Å². The van der Waals surface area contributed by atoms with Crippen LogP contribution in [0.2, 0.25) is 0 Å². The van der Waals surface area contributed by atoms with Gasteiger partial charge in [0.25, 0.3) is 0 Å². The molecule has 0 aliphatic heterocycles. The van der Waals surface area contributed by atoms with Crippen LogP contribution in [-0.2, 0) is 4.74 Å². The lowest BCUT2D eigenvalue weighted by molar-refractivity contribution is -0.173. The molecule has 1 rings (SSSR count). The summed E-state index contributed by atoms with van der Waals surface area (Å²) < 4.78 is 40.2. The lowest BCUT2D eigenvalue weighted by Crippen LogP contribution is -2.25. The fraction of sp³-hybridized carbons (Fsp3) is 0.538. The minimum absolute atomic E-state index is 0.102. The highest BCUT2D eigenvalue weighted by Gasteiger charge is 2.27. The van der Waals surface area contributed by atoms with Gasteiger partial charge in [-0.05, 0) is 37.6 Å². The molecular formula is C13H19F3N2O. The van der Waals surface area contributed by atoms with E-state index in [-0.39, 0.29) is 6.61 Å². The van der Waals surface area contributed by atoms with E-state index in [2.05, 4.69) is 9.64 Å². The Bertz CT molecular complexity index is 365. The van der Waals surface area contributed by atoms with Gasteiger partial charge in [-0.3, -0.25) is 0 Å². The second kappa shape index (κ2) is 7.23. The molecule has 0 bridgehead atoms. The molecule has 108 valence electrons. The molecule has 0 aromatic heterocycles. The molecule has 0 unspecified atom stereocenters. The highest BCUT2D eigenvalue weighted by Crippen LogP contribution is 2.17. The molecule has 0 amide bonds. The van der Waals surface area contributed by atoms with Crippen molar-refractivity contribution in [3.05, 3.63) is 24.3 Å². The number of rotatable bonds is 7. The summed E-state index contributed by atoms with van der Waals surface area (Å²) in [6, 6.07) is 7.40. The molecule has 0 atom stereocenters. The molecule has 0 aliphatic rings. The normalized spacial score (nSPS) is 11.6.